The predicted molar refractivity (Wildman–Crippen MR) is 93.8 cm³/mol. The van der Waals surface area contributed by atoms with E-state index in [4.69, 9.17) is 0 Å². The maximum atomic E-state index is 12.4. The number of nitrogens with one attached hydrogen (secondary N) is 1. The van der Waals surface area contributed by atoms with Crippen molar-refractivity contribution < 1.29 is 9.59 Å². The van der Waals surface area contributed by atoms with E-state index in [1.54, 1.807) is 17.0 Å². The van der Waals surface area contributed by atoms with Gasteiger partial charge in [0.05, 0.1) is 6.04 Å². The smallest absolute Gasteiger partial charge is 0.272 e. The molecule has 1 unspecified atom stereocenters. The molecule has 0 spiro atoms. The Bertz CT molecular complexity index is 697. The third-order valence-corrected chi connectivity index (χ3v) is 3.94. The number of nitrogens with zero attached hydrogens (tertiary/aromatic N) is 2. The Kier molecular flexibility index (Phi) is 6.07. The first kappa shape index (κ1) is 17.7. The molecule has 2 rings (SSSR count). The Labute approximate surface area is 142 Å². The topological polar surface area (TPSA) is 62.3 Å². The third-order valence-electron chi connectivity index (χ3n) is 3.94. The van der Waals surface area contributed by atoms with Crippen molar-refractivity contribution in [3.63, 3.8) is 0 Å². The van der Waals surface area contributed by atoms with Gasteiger partial charge in [-0.2, -0.15) is 0 Å². The number of hydrogen-bond donors (Lipinski definition) is 1. The average molecular weight is 325 g/mol. The van der Waals surface area contributed by atoms with Gasteiger partial charge in [0, 0.05) is 24.8 Å². The molecule has 126 valence electrons. The van der Waals surface area contributed by atoms with Crippen LogP contribution < -0.4 is 5.32 Å². The highest BCUT2D eigenvalue weighted by Crippen LogP contribution is 2.13. The number of aromatic nitrogens is 1. The van der Waals surface area contributed by atoms with Gasteiger partial charge < -0.3 is 10.2 Å². The summed E-state index contributed by atoms with van der Waals surface area (Å²) < 4.78 is 0. The number of carbonyl (C=O) groups excluding carboxylic acids is 2. The molecule has 2 amide bonds. The van der Waals surface area contributed by atoms with Gasteiger partial charge in [-0.15, -0.1) is 0 Å². The zero-order chi connectivity index (χ0) is 17.5. The van der Waals surface area contributed by atoms with Crippen molar-refractivity contribution in [2.75, 3.05) is 13.1 Å². The molecule has 1 aromatic carbocycles. The fraction of sp³-hybridized carbons (Fsp3) is 0.316. The van der Waals surface area contributed by atoms with Gasteiger partial charge in [0.15, 0.2) is 0 Å². The fourth-order valence-electron chi connectivity index (χ4n) is 2.47. The van der Waals surface area contributed by atoms with Gasteiger partial charge in [0.25, 0.3) is 11.8 Å². The van der Waals surface area contributed by atoms with E-state index in [1.165, 1.54) is 6.20 Å². The molecule has 1 heterocycles. The largest absolute Gasteiger partial charge is 0.346 e. The lowest BCUT2D eigenvalue weighted by atomic mass is 10.1. The molecule has 1 atom stereocenters. The molecule has 1 N–H and O–H groups in total. The highest BCUT2D eigenvalue weighted by Gasteiger charge is 2.17. The molecule has 5 heteroatoms. The van der Waals surface area contributed by atoms with Crippen molar-refractivity contribution >= 4 is 11.8 Å². The Morgan fingerprint density at radius 2 is 1.79 bits per heavy atom. The molecule has 0 aliphatic carbocycles. The zero-order valence-corrected chi connectivity index (χ0v) is 14.3. The average Bonchev–Trinajstić information content (AvgIpc) is 2.63. The lowest BCUT2D eigenvalue weighted by Gasteiger charge is -2.18. The molecule has 0 fully saturated rings. The second-order valence-corrected chi connectivity index (χ2v) is 5.51. The minimum absolute atomic E-state index is 0.117. The van der Waals surface area contributed by atoms with Crippen molar-refractivity contribution in [1.29, 1.82) is 0 Å². The van der Waals surface area contributed by atoms with E-state index < -0.39 is 0 Å². The summed E-state index contributed by atoms with van der Waals surface area (Å²) in [5, 5.41) is 2.94. The van der Waals surface area contributed by atoms with Crippen LogP contribution in [0.2, 0.25) is 0 Å². The van der Waals surface area contributed by atoms with Crippen molar-refractivity contribution in [3.8, 4) is 0 Å². The molecule has 5 nitrogen and oxygen atoms in total. The molecule has 0 aliphatic heterocycles. The highest BCUT2D eigenvalue weighted by molar-refractivity contribution is 5.98. The second-order valence-electron chi connectivity index (χ2n) is 5.51. The monoisotopic (exact) mass is 325 g/mol. The van der Waals surface area contributed by atoms with E-state index in [2.05, 4.69) is 10.3 Å². The van der Waals surface area contributed by atoms with Crippen LogP contribution in [0.3, 0.4) is 0 Å². The van der Waals surface area contributed by atoms with Crippen molar-refractivity contribution in [2.45, 2.75) is 26.8 Å². The lowest BCUT2D eigenvalue weighted by Crippen LogP contribution is -2.32. The molecular weight excluding hydrogens is 302 g/mol. The van der Waals surface area contributed by atoms with Crippen LogP contribution in [0.1, 0.15) is 53.2 Å². The van der Waals surface area contributed by atoms with Gasteiger partial charge in [-0.25, -0.2) is 0 Å². The summed E-state index contributed by atoms with van der Waals surface area (Å²) in [6, 6.07) is 12.8. The van der Waals surface area contributed by atoms with E-state index in [-0.39, 0.29) is 17.9 Å². The first-order chi connectivity index (χ1) is 11.6. The van der Waals surface area contributed by atoms with Crippen molar-refractivity contribution in [1.82, 2.24) is 15.2 Å². The molecule has 0 bridgehead atoms. The van der Waals surface area contributed by atoms with Gasteiger partial charge in [-0.05, 0) is 38.5 Å². The molecule has 24 heavy (non-hydrogen) atoms. The Hall–Kier alpha value is -2.69. The van der Waals surface area contributed by atoms with Crippen LogP contribution in [-0.4, -0.2) is 34.8 Å². The molecule has 0 aliphatic rings. The first-order valence-electron chi connectivity index (χ1n) is 8.18. The van der Waals surface area contributed by atoms with Gasteiger partial charge in [0.1, 0.15) is 5.69 Å². The van der Waals surface area contributed by atoms with Gasteiger partial charge in [-0.3, -0.25) is 14.6 Å². The summed E-state index contributed by atoms with van der Waals surface area (Å²) >= 11 is 0. The summed E-state index contributed by atoms with van der Waals surface area (Å²) in [5.74, 6) is -0.381. The zero-order valence-electron chi connectivity index (χ0n) is 14.3. The van der Waals surface area contributed by atoms with Crippen LogP contribution in [-0.2, 0) is 0 Å². The first-order valence-corrected chi connectivity index (χ1v) is 8.18. The Morgan fingerprint density at radius 1 is 1.12 bits per heavy atom. The van der Waals surface area contributed by atoms with Crippen LogP contribution >= 0.6 is 0 Å². The molecule has 0 saturated heterocycles. The number of amides is 2. The van der Waals surface area contributed by atoms with Crippen LogP contribution in [0.25, 0.3) is 0 Å². The van der Waals surface area contributed by atoms with Crippen LogP contribution in [0.4, 0.5) is 0 Å². The van der Waals surface area contributed by atoms with Crippen molar-refractivity contribution in [3.05, 3.63) is 65.5 Å². The summed E-state index contributed by atoms with van der Waals surface area (Å²) in [4.78, 5) is 30.6. The fourth-order valence-corrected chi connectivity index (χ4v) is 2.47. The van der Waals surface area contributed by atoms with Crippen LogP contribution in [0.15, 0.2) is 48.7 Å². The summed E-state index contributed by atoms with van der Waals surface area (Å²) in [5.41, 5.74) is 1.75. The third kappa shape index (κ3) is 4.19. The quantitative estimate of drug-likeness (QED) is 0.888. The molecular formula is C19H23N3O2. The molecule has 0 radical (unpaired) electrons. The van der Waals surface area contributed by atoms with E-state index in [1.807, 2.05) is 51.1 Å². The van der Waals surface area contributed by atoms with Gasteiger partial charge in [-0.1, -0.05) is 30.3 Å². The SMILES string of the molecule is CCN(CC)C(=O)c1cc(C(=O)NC(C)c2ccccc2)ccn1. The second kappa shape index (κ2) is 8.24. The minimum atomic E-state index is -0.220. The van der Waals surface area contributed by atoms with E-state index in [0.717, 1.165) is 5.56 Å². The van der Waals surface area contributed by atoms with Crippen LogP contribution in [0, 0.1) is 0 Å². The van der Waals surface area contributed by atoms with Gasteiger partial charge >= 0.3 is 0 Å². The maximum absolute atomic E-state index is 12.4. The van der Waals surface area contributed by atoms with Crippen LogP contribution in [0.5, 0.6) is 0 Å². The van der Waals surface area contributed by atoms with Gasteiger partial charge in [0.2, 0.25) is 0 Å². The minimum Gasteiger partial charge on any atom is -0.346 e. The molecule has 0 saturated carbocycles. The standard InChI is InChI=1S/C19H23N3O2/c1-4-22(5-2)19(24)17-13-16(11-12-20-17)18(23)21-14(3)15-9-7-6-8-10-15/h6-14H,4-5H2,1-3H3,(H,21,23). The number of hydrogen-bond acceptors (Lipinski definition) is 3. The van der Waals surface area contributed by atoms with Crippen molar-refractivity contribution in [2.24, 2.45) is 0 Å². The van der Waals surface area contributed by atoms with E-state index >= 15 is 0 Å². The van der Waals surface area contributed by atoms with E-state index in [0.29, 0.717) is 24.3 Å². The summed E-state index contributed by atoms with van der Waals surface area (Å²) in [6.07, 6.45) is 1.50. The Morgan fingerprint density at radius 3 is 2.42 bits per heavy atom. The number of rotatable bonds is 6. The number of benzene rings is 1. The number of carbonyl (C=O) groups is 2. The summed E-state index contributed by atoms with van der Waals surface area (Å²) in [6.45, 7) is 6.98. The normalized spacial score (nSPS) is 11.6. The lowest BCUT2D eigenvalue weighted by molar-refractivity contribution is 0.0767. The molecule has 1 aromatic heterocycles. The maximum Gasteiger partial charge on any atom is 0.272 e. The summed E-state index contributed by atoms with van der Waals surface area (Å²) in [7, 11) is 0. The van der Waals surface area contributed by atoms with E-state index in [9.17, 15) is 9.59 Å². The Balaban J connectivity index is 2.13. The highest BCUT2D eigenvalue weighted by atomic mass is 16.2. The predicted octanol–water partition coefficient (Wildman–Crippen LogP) is 3.05. The number of pyridine rings is 1. The molecule has 2 aromatic rings.